The number of benzene rings is 2. The van der Waals surface area contributed by atoms with E-state index in [9.17, 15) is 9.18 Å². The van der Waals surface area contributed by atoms with Crippen molar-refractivity contribution in [2.45, 2.75) is 13.3 Å². The van der Waals surface area contributed by atoms with Crippen molar-refractivity contribution in [3.05, 3.63) is 59.9 Å². The van der Waals surface area contributed by atoms with E-state index in [-0.39, 0.29) is 31.2 Å². The smallest absolute Gasteiger partial charge is 0.225 e. The Hall–Kier alpha value is -3.00. The maximum atomic E-state index is 13.3. The summed E-state index contributed by atoms with van der Waals surface area (Å²) < 4.78 is 23.9. The van der Waals surface area contributed by atoms with Gasteiger partial charge >= 0.3 is 0 Å². The quantitative estimate of drug-likeness (QED) is 0.788. The van der Waals surface area contributed by atoms with Gasteiger partial charge in [0.2, 0.25) is 5.91 Å². The molecule has 0 atom stereocenters. The molecule has 0 aliphatic carbocycles. The molecule has 2 aromatic carbocycles. The predicted octanol–water partition coefficient (Wildman–Crippen LogP) is 2.97. The van der Waals surface area contributed by atoms with E-state index in [1.807, 2.05) is 31.2 Å². The first kappa shape index (κ1) is 18.3. The van der Waals surface area contributed by atoms with Crippen LogP contribution in [0, 0.1) is 17.7 Å². The van der Waals surface area contributed by atoms with E-state index in [2.05, 4.69) is 17.2 Å². The lowest BCUT2D eigenvalue weighted by Gasteiger charge is -2.05. The fourth-order valence-electron chi connectivity index (χ4n) is 2.05. The highest BCUT2D eigenvalue weighted by Crippen LogP contribution is 2.14. The highest BCUT2D eigenvalue weighted by Gasteiger charge is 2.02. The maximum absolute atomic E-state index is 13.3. The van der Waals surface area contributed by atoms with Gasteiger partial charge in [-0.2, -0.15) is 0 Å². The Morgan fingerprint density at radius 1 is 1.08 bits per heavy atom. The number of carbonyl (C=O) groups excluding carboxylic acids is 1. The standard InChI is InChI=1S/C20H20FNO3/c1-2-24-17-11-9-16(10-12-17)15-20(23)22-13-5-6-14-25-19-8-4-3-7-18(19)21/h3-4,7-12H,2,13-15H2,1H3,(H,22,23). The number of carbonyl (C=O) groups is 1. The molecule has 4 nitrogen and oxygen atoms in total. The zero-order valence-corrected chi connectivity index (χ0v) is 14.0. The van der Waals surface area contributed by atoms with E-state index >= 15 is 0 Å². The second kappa shape index (κ2) is 9.99. The highest BCUT2D eigenvalue weighted by atomic mass is 19.1. The van der Waals surface area contributed by atoms with Crippen LogP contribution >= 0.6 is 0 Å². The summed E-state index contributed by atoms with van der Waals surface area (Å²) in [6.45, 7) is 2.81. The van der Waals surface area contributed by atoms with Gasteiger partial charge in [0, 0.05) is 0 Å². The molecule has 0 aliphatic rings. The zero-order chi connectivity index (χ0) is 17.9. The minimum atomic E-state index is -0.423. The fraction of sp³-hybridized carbons (Fsp3) is 0.250. The molecule has 0 aliphatic heterocycles. The summed E-state index contributed by atoms with van der Waals surface area (Å²) in [5.41, 5.74) is 0.900. The van der Waals surface area contributed by atoms with Crippen LogP contribution in [0.15, 0.2) is 48.5 Å². The van der Waals surface area contributed by atoms with Crippen molar-refractivity contribution in [1.29, 1.82) is 0 Å². The van der Waals surface area contributed by atoms with Crippen LogP contribution < -0.4 is 14.8 Å². The van der Waals surface area contributed by atoms with Gasteiger partial charge in [-0.3, -0.25) is 4.79 Å². The summed E-state index contributed by atoms with van der Waals surface area (Å²) >= 11 is 0. The first-order valence-corrected chi connectivity index (χ1v) is 8.00. The first-order valence-electron chi connectivity index (χ1n) is 8.00. The average Bonchev–Trinajstić information content (AvgIpc) is 2.61. The molecule has 0 saturated carbocycles. The van der Waals surface area contributed by atoms with Crippen LogP contribution in [0.1, 0.15) is 12.5 Å². The minimum Gasteiger partial charge on any atom is -0.494 e. The number of amides is 1. The Morgan fingerprint density at radius 3 is 2.56 bits per heavy atom. The summed E-state index contributed by atoms with van der Waals surface area (Å²) in [5, 5.41) is 2.71. The van der Waals surface area contributed by atoms with Gasteiger partial charge in [0.1, 0.15) is 12.4 Å². The molecule has 0 fully saturated rings. The molecular weight excluding hydrogens is 321 g/mol. The monoisotopic (exact) mass is 341 g/mol. The number of nitrogens with one attached hydrogen (secondary N) is 1. The van der Waals surface area contributed by atoms with E-state index in [1.54, 1.807) is 12.1 Å². The second-order valence-corrected chi connectivity index (χ2v) is 5.10. The molecule has 0 aromatic heterocycles. The van der Waals surface area contributed by atoms with Gasteiger partial charge in [0.25, 0.3) is 0 Å². The summed E-state index contributed by atoms with van der Waals surface area (Å²) in [5.74, 6) is 5.91. The predicted molar refractivity (Wildman–Crippen MR) is 94.0 cm³/mol. The van der Waals surface area contributed by atoms with Gasteiger partial charge in [-0.1, -0.05) is 36.1 Å². The van der Waals surface area contributed by atoms with Crippen molar-refractivity contribution in [2.24, 2.45) is 0 Å². The Labute approximate surface area is 147 Å². The average molecular weight is 341 g/mol. The zero-order valence-electron chi connectivity index (χ0n) is 14.0. The lowest BCUT2D eigenvalue weighted by molar-refractivity contribution is -0.120. The molecule has 130 valence electrons. The fourth-order valence-corrected chi connectivity index (χ4v) is 2.05. The van der Waals surface area contributed by atoms with Crippen molar-refractivity contribution in [1.82, 2.24) is 5.32 Å². The molecule has 2 aromatic rings. The molecule has 25 heavy (non-hydrogen) atoms. The van der Waals surface area contributed by atoms with E-state index < -0.39 is 5.82 Å². The van der Waals surface area contributed by atoms with Crippen LogP contribution in [0.25, 0.3) is 0 Å². The second-order valence-electron chi connectivity index (χ2n) is 5.10. The van der Waals surface area contributed by atoms with E-state index in [1.165, 1.54) is 12.1 Å². The third-order valence-electron chi connectivity index (χ3n) is 3.23. The third kappa shape index (κ3) is 6.56. The molecular formula is C20H20FNO3. The van der Waals surface area contributed by atoms with E-state index in [0.717, 1.165) is 11.3 Å². The minimum absolute atomic E-state index is 0.0652. The van der Waals surface area contributed by atoms with Crippen LogP contribution in [0.4, 0.5) is 4.39 Å². The highest BCUT2D eigenvalue weighted by molar-refractivity contribution is 5.78. The number of halogens is 1. The molecule has 0 bridgehead atoms. The summed E-state index contributed by atoms with van der Waals surface area (Å²) in [6.07, 6.45) is 0.278. The van der Waals surface area contributed by atoms with Crippen LogP contribution in [0.3, 0.4) is 0 Å². The molecule has 0 saturated heterocycles. The molecule has 0 spiro atoms. The Balaban J connectivity index is 1.68. The maximum Gasteiger partial charge on any atom is 0.225 e. The van der Waals surface area contributed by atoms with Gasteiger partial charge in [-0.25, -0.2) is 4.39 Å². The van der Waals surface area contributed by atoms with Gasteiger partial charge in [0.15, 0.2) is 11.6 Å². The number of hydrogen-bond donors (Lipinski definition) is 1. The van der Waals surface area contributed by atoms with Crippen LogP contribution in [0.2, 0.25) is 0 Å². The topological polar surface area (TPSA) is 47.6 Å². The number of rotatable bonds is 7. The Kier molecular flexibility index (Phi) is 7.33. The van der Waals surface area contributed by atoms with E-state index in [4.69, 9.17) is 9.47 Å². The van der Waals surface area contributed by atoms with Gasteiger partial charge in [-0.05, 0) is 36.8 Å². The first-order chi connectivity index (χ1) is 12.2. The van der Waals surface area contributed by atoms with Crippen molar-refractivity contribution >= 4 is 5.91 Å². The summed E-state index contributed by atoms with van der Waals surface area (Å²) in [6, 6.07) is 13.5. The van der Waals surface area contributed by atoms with Crippen LogP contribution in [-0.4, -0.2) is 25.7 Å². The van der Waals surface area contributed by atoms with Crippen molar-refractivity contribution in [3.63, 3.8) is 0 Å². The lowest BCUT2D eigenvalue weighted by atomic mass is 10.1. The molecule has 1 N–H and O–H groups in total. The van der Waals surface area contributed by atoms with Crippen molar-refractivity contribution in [3.8, 4) is 23.3 Å². The number of hydrogen-bond acceptors (Lipinski definition) is 3. The molecule has 0 radical (unpaired) electrons. The van der Waals surface area contributed by atoms with E-state index in [0.29, 0.717) is 6.61 Å². The van der Waals surface area contributed by atoms with Crippen molar-refractivity contribution < 1.29 is 18.7 Å². The molecule has 5 heteroatoms. The number of ether oxygens (including phenoxy) is 2. The van der Waals surface area contributed by atoms with Crippen LogP contribution in [-0.2, 0) is 11.2 Å². The Morgan fingerprint density at radius 2 is 1.84 bits per heavy atom. The lowest BCUT2D eigenvalue weighted by Crippen LogP contribution is -2.25. The van der Waals surface area contributed by atoms with Gasteiger partial charge in [0.05, 0.1) is 19.6 Å². The molecule has 1 amide bonds. The van der Waals surface area contributed by atoms with Gasteiger partial charge < -0.3 is 14.8 Å². The third-order valence-corrected chi connectivity index (χ3v) is 3.23. The SMILES string of the molecule is CCOc1ccc(CC(=O)NCC#CCOc2ccccc2F)cc1. The number of para-hydroxylation sites is 1. The van der Waals surface area contributed by atoms with Crippen molar-refractivity contribution in [2.75, 3.05) is 19.8 Å². The summed E-state index contributed by atoms with van der Waals surface area (Å²) in [7, 11) is 0. The van der Waals surface area contributed by atoms with Crippen LogP contribution in [0.5, 0.6) is 11.5 Å². The normalized spacial score (nSPS) is 9.68. The molecule has 0 unspecified atom stereocenters. The molecule has 2 rings (SSSR count). The molecule has 0 heterocycles. The summed E-state index contributed by atoms with van der Waals surface area (Å²) in [4.78, 5) is 11.8. The van der Waals surface area contributed by atoms with Gasteiger partial charge in [-0.15, -0.1) is 0 Å². The largest absolute Gasteiger partial charge is 0.494 e. The Bertz CT molecular complexity index is 748.